The Morgan fingerprint density at radius 2 is 1.72 bits per heavy atom. The van der Waals surface area contributed by atoms with Gasteiger partial charge in [0.05, 0.1) is 0 Å². The molecule has 3 saturated heterocycles. The molecule has 1 N–H and O–H groups in total. The summed E-state index contributed by atoms with van der Waals surface area (Å²) < 4.78 is 38.7. The molecule has 0 spiro atoms. The summed E-state index contributed by atoms with van der Waals surface area (Å²) in [6.07, 6.45) is -1.21. The number of aliphatic hydroxyl groups is 1. The van der Waals surface area contributed by atoms with Crippen LogP contribution >= 0.6 is 0 Å². The van der Waals surface area contributed by atoms with Crippen LogP contribution in [0.2, 0.25) is 0 Å². The Morgan fingerprint density at radius 3 is 2.22 bits per heavy atom. The molecule has 4 aliphatic rings. The first-order chi connectivity index (χ1) is 8.30. The van der Waals surface area contributed by atoms with E-state index in [9.17, 15) is 18.3 Å². The van der Waals surface area contributed by atoms with Crippen LogP contribution in [0.1, 0.15) is 32.6 Å². The molecular formula is C13H20F3NO. The second-order valence-electron chi connectivity index (χ2n) is 6.42. The van der Waals surface area contributed by atoms with Gasteiger partial charge in [0.25, 0.3) is 0 Å². The van der Waals surface area contributed by atoms with Gasteiger partial charge in [-0.3, -0.25) is 0 Å². The number of fused-ring (bicyclic) bond motifs is 2. The topological polar surface area (TPSA) is 23.5 Å². The van der Waals surface area contributed by atoms with Crippen LogP contribution in [0, 0.1) is 17.8 Å². The van der Waals surface area contributed by atoms with E-state index in [0.717, 1.165) is 32.9 Å². The van der Waals surface area contributed by atoms with Gasteiger partial charge in [0.2, 0.25) is 0 Å². The van der Waals surface area contributed by atoms with E-state index in [4.69, 9.17) is 0 Å². The van der Waals surface area contributed by atoms with E-state index < -0.39 is 17.7 Å². The number of nitrogens with zero attached hydrogens (tertiary/aromatic N) is 1. The van der Waals surface area contributed by atoms with E-state index >= 15 is 0 Å². The SMILES string of the molecule is CC(O)(C1CC2C3CCN(CC3)C2C1)C(F)(F)F. The highest BCUT2D eigenvalue weighted by Crippen LogP contribution is 2.53. The van der Waals surface area contributed by atoms with E-state index in [-0.39, 0.29) is 6.04 Å². The Kier molecular flexibility index (Phi) is 2.73. The van der Waals surface area contributed by atoms with Crippen LogP contribution < -0.4 is 0 Å². The molecule has 0 amide bonds. The summed E-state index contributed by atoms with van der Waals surface area (Å²) >= 11 is 0. The lowest BCUT2D eigenvalue weighted by atomic mass is 9.75. The summed E-state index contributed by atoms with van der Waals surface area (Å²) in [6, 6.07) is 0.288. The molecule has 0 aromatic heterocycles. The van der Waals surface area contributed by atoms with Crippen molar-refractivity contribution in [2.45, 2.75) is 50.4 Å². The molecule has 2 nitrogen and oxygen atoms in total. The Labute approximate surface area is 105 Å². The molecule has 2 bridgehead atoms. The van der Waals surface area contributed by atoms with Crippen LogP contribution in [-0.4, -0.2) is 40.9 Å². The zero-order chi connectivity index (χ0) is 13.1. The van der Waals surface area contributed by atoms with Crippen molar-refractivity contribution in [3.63, 3.8) is 0 Å². The maximum Gasteiger partial charge on any atom is 0.417 e. The summed E-state index contributed by atoms with van der Waals surface area (Å²) in [4.78, 5) is 2.34. The summed E-state index contributed by atoms with van der Waals surface area (Å²) in [5, 5.41) is 9.85. The third kappa shape index (κ3) is 1.70. The molecule has 4 rings (SSSR count). The normalized spacial score (nSPS) is 46.8. The zero-order valence-corrected chi connectivity index (χ0v) is 10.6. The van der Waals surface area contributed by atoms with Crippen LogP contribution in [-0.2, 0) is 0 Å². The lowest BCUT2D eigenvalue weighted by Crippen LogP contribution is -2.52. The first-order valence-corrected chi connectivity index (χ1v) is 6.84. The molecule has 3 heterocycles. The third-order valence-electron chi connectivity index (χ3n) is 5.59. The van der Waals surface area contributed by atoms with Crippen LogP contribution in [0.4, 0.5) is 13.2 Å². The minimum atomic E-state index is -4.51. The lowest BCUT2D eigenvalue weighted by Gasteiger charge is -2.48. The Hall–Kier alpha value is -0.290. The number of rotatable bonds is 1. The van der Waals surface area contributed by atoms with Gasteiger partial charge >= 0.3 is 6.18 Å². The van der Waals surface area contributed by atoms with Gasteiger partial charge in [0.15, 0.2) is 5.60 Å². The Bertz CT molecular complexity index is 314. The predicted octanol–water partition coefficient (Wildman–Crippen LogP) is 2.42. The van der Waals surface area contributed by atoms with Gasteiger partial charge in [-0.05, 0) is 63.5 Å². The van der Waals surface area contributed by atoms with Gasteiger partial charge in [-0.15, -0.1) is 0 Å². The molecule has 18 heavy (non-hydrogen) atoms. The second-order valence-corrected chi connectivity index (χ2v) is 6.42. The third-order valence-corrected chi connectivity index (χ3v) is 5.59. The van der Waals surface area contributed by atoms with Crippen molar-refractivity contribution in [2.75, 3.05) is 13.1 Å². The molecule has 0 aromatic rings. The van der Waals surface area contributed by atoms with Gasteiger partial charge in [-0.2, -0.15) is 13.2 Å². The number of hydrogen-bond acceptors (Lipinski definition) is 2. The molecular weight excluding hydrogens is 243 g/mol. The number of halogens is 3. The lowest BCUT2D eigenvalue weighted by molar-refractivity contribution is -0.271. The predicted molar refractivity (Wildman–Crippen MR) is 61.0 cm³/mol. The average molecular weight is 263 g/mol. The van der Waals surface area contributed by atoms with Crippen molar-refractivity contribution in [3.05, 3.63) is 0 Å². The zero-order valence-electron chi connectivity index (χ0n) is 10.6. The summed E-state index contributed by atoms with van der Waals surface area (Å²) in [5.41, 5.74) is -2.52. The quantitative estimate of drug-likeness (QED) is 0.785. The van der Waals surface area contributed by atoms with Crippen LogP contribution in [0.25, 0.3) is 0 Å². The molecule has 4 unspecified atom stereocenters. The fourth-order valence-electron chi connectivity index (χ4n) is 4.34. The van der Waals surface area contributed by atoms with Crippen molar-refractivity contribution < 1.29 is 18.3 Å². The minimum Gasteiger partial charge on any atom is -0.380 e. The summed E-state index contributed by atoms with van der Waals surface area (Å²) in [5.74, 6) is 0.342. The van der Waals surface area contributed by atoms with Crippen LogP contribution in [0.3, 0.4) is 0 Å². The van der Waals surface area contributed by atoms with Gasteiger partial charge in [0, 0.05) is 6.04 Å². The molecule has 0 aromatic carbocycles. The molecule has 104 valence electrons. The van der Waals surface area contributed by atoms with Crippen molar-refractivity contribution in [2.24, 2.45) is 17.8 Å². The fraction of sp³-hybridized carbons (Fsp3) is 1.00. The van der Waals surface area contributed by atoms with Gasteiger partial charge < -0.3 is 10.0 Å². The molecule has 0 radical (unpaired) electrons. The smallest absolute Gasteiger partial charge is 0.380 e. The molecule has 1 aliphatic carbocycles. The largest absolute Gasteiger partial charge is 0.417 e. The van der Waals surface area contributed by atoms with Crippen molar-refractivity contribution in [1.82, 2.24) is 4.90 Å². The van der Waals surface area contributed by atoms with E-state index in [2.05, 4.69) is 4.90 Å². The second kappa shape index (κ2) is 3.85. The fourth-order valence-corrected chi connectivity index (χ4v) is 4.34. The highest BCUT2D eigenvalue weighted by Gasteiger charge is 2.60. The number of hydrogen-bond donors (Lipinski definition) is 1. The maximum absolute atomic E-state index is 12.9. The Balaban J connectivity index is 1.79. The van der Waals surface area contributed by atoms with Crippen LogP contribution in [0.15, 0.2) is 0 Å². The highest BCUT2D eigenvalue weighted by atomic mass is 19.4. The van der Waals surface area contributed by atoms with Gasteiger partial charge in [0.1, 0.15) is 0 Å². The Morgan fingerprint density at radius 1 is 1.11 bits per heavy atom. The first-order valence-electron chi connectivity index (χ1n) is 6.84. The molecule has 5 heteroatoms. The average Bonchev–Trinajstić information content (AvgIpc) is 2.75. The maximum atomic E-state index is 12.9. The molecule has 1 saturated carbocycles. The van der Waals surface area contributed by atoms with Crippen molar-refractivity contribution in [3.8, 4) is 0 Å². The number of piperidine rings is 3. The number of alkyl halides is 3. The molecule has 4 atom stereocenters. The van der Waals surface area contributed by atoms with Gasteiger partial charge in [-0.1, -0.05) is 0 Å². The van der Waals surface area contributed by atoms with E-state index in [1.54, 1.807) is 0 Å². The molecule has 3 aliphatic heterocycles. The van der Waals surface area contributed by atoms with Gasteiger partial charge in [-0.25, -0.2) is 0 Å². The van der Waals surface area contributed by atoms with E-state index in [1.807, 2.05) is 0 Å². The summed E-state index contributed by atoms with van der Waals surface area (Å²) in [7, 11) is 0. The molecule has 4 fully saturated rings. The summed E-state index contributed by atoms with van der Waals surface area (Å²) in [6.45, 7) is 3.02. The van der Waals surface area contributed by atoms with Crippen LogP contribution in [0.5, 0.6) is 0 Å². The van der Waals surface area contributed by atoms with Crippen molar-refractivity contribution in [1.29, 1.82) is 0 Å². The van der Waals surface area contributed by atoms with Crippen molar-refractivity contribution >= 4 is 0 Å². The monoisotopic (exact) mass is 263 g/mol. The highest BCUT2D eigenvalue weighted by molar-refractivity contribution is 5.05. The standard InChI is InChI=1S/C13H20F3NO/c1-12(18,13(14,15)16)9-6-10-8-2-4-17(5-3-8)11(10)7-9/h8-11,18H,2-7H2,1H3. The first kappa shape index (κ1) is 12.7. The minimum absolute atomic E-state index is 0.288. The van der Waals surface area contributed by atoms with E-state index in [1.165, 1.54) is 0 Å². The van der Waals surface area contributed by atoms with E-state index in [0.29, 0.717) is 24.7 Å².